The summed E-state index contributed by atoms with van der Waals surface area (Å²) >= 11 is 6.38. The van der Waals surface area contributed by atoms with Crippen LogP contribution in [0.5, 0.6) is 0 Å². The second kappa shape index (κ2) is 10.8. The molecule has 0 saturated carbocycles. The van der Waals surface area contributed by atoms with Crippen molar-refractivity contribution in [3.05, 3.63) is 89.5 Å². The van der Waals surface area contributed by atoms with Crippen LogP contribution in [0.15, 0.2) is 72.8 Å². The van der Waals surface area contributed by atoms with Crippen LogP contribution in [-0.2, 0) is 11.3 Å². The predicted octanol–water partition coefficient (Wildman–Crippen LogP) is 5.38. The molecule has 8 heteroatoms. The summed E-state index contributed by atoms with van der Waals surface area (Å²) in [6.07, 6.45) is 1.70. The summed E-state index contributed by atoms with van der Waals surface area (Å²) in [5.41, 5.74) is 3.88. The quantitative estimate of drug-likeness (QED) is 0.347. The first-order valence-electron chi connectivity index (χ1n) is 13.3. The summed E-state index contributed by atoms with van der Waals surface area (Å²) in [7, 11) is 0. The number of hydrogen-bond acceptors (Lipinski definition) is 4. The molecular formula is C30H31ClFN5O. The molecule has 0 N–H and O–H groups in total. The van der Waals surface area contributed by atoms with Crippen molar-refractivity contribution in [2.24, 2.45) is 5.92 Å². The van der Waals surface area contributed by atoms with Crippen LogP contribution in [0.25, 0.3) is 16.7 Å². The minimum Gasteiger partial charge on any atom is -0.367 e. The van der Waals surface area contributed by atoms with Gasteiger partial charge < -0.3 is 9.80 Å². The molecule has 1 aromatic heterocycles. The molecule has 4 aromatic rings. The van der Waals surface area contributed by atoms with Crippen molar-refractivity contribution in [2.75, 3.05) is 44.2 Å². The van der Waals surface area contributed by atoms with Gasteiger partial charge in [0.15, 0.2) is 0 Å². The normalized spacial score (nSPS) is 17.3. The third-order valence-electron chi connectivity index (χ3n) is 7.80. The number of piperidine rings is 1. The van der Waals surface area contributed by atoms with E-state index in [4.69, 9.17) is 16.6 Å². The molecule has 2 fully saturated rings. The van der Waals surface area contributed by atoms with Crippen LogP contribution in [0.4, 0.5) is 10.1 Å². The third kappa shape index (κ3) is 5.00. The fourth-order valence-electron chi connectivity index (χ4n) is 5.73. The van der Waals surface area contributed by atoms with Crippen molar-refractivity contribution in [1.29, 1.82) is 0 Å². The zero-order chi connectivity index (χ0) is 26.1. The monoisotopic (exact) mass is 531 g/mol. The maximum Gasteiger partial charge on any atom is 0.225 e. The van der Waals surface area contributed by atoms with E-state index >= 15 is 0 Å². The van der Waals surface area contributed by atoms with Crippen LogP contribution >= 0.6 is 11.6 Å². The topological polar surface area (TPSA) is 44.6 Å². The van der Waals surface area contributed by atoms with E-state index in [9.17, 15) is 9.18 Å². The van der Waals surface area contributed by atoms with Crippen molar-refractivity contribution in [3.63, 3.8) is 0 Å². The number of carbonyl (C=O) groups excluding carboxylic acids is 1. The number of anilines is 1. The predicted molar refractivity (Wildman–Crippen MR) is 149 cm³/mol. The van der Waals surface area contributed by atoms with Gasteiger partial charge in [0, 0.05) is 37.8 Å². The number of hydrogen-bond donors (Lipinski definition) is 0. The Morgan fingerprint density at radius 3 is 2.29 bits per heavy atom. The van der Waals surface area contributed by atoms with E-state index in [0.29, 0.717) is 6.54 Å². The Morgan fingerprint density at radius 1 is 0.868 bits per heavy atom. The van der Waals surface area contributed by atoms with E-state index in [1.54, 1.807) is 12.1 Å². The molecule has 196 valence electrons. The number of amides is 1. The number of carbonyl (C=O) groups is 1. The van der Waals surface area contributed by atoms with Gasteiger partial charge >= 0.3 is 0 Å². The lowest BCUT2D eigenvalue weighted by atomic mass is 9.95. The van der Waals surface area contributed by atoms with E-state index in [1.165, 1.54) is 12.1 Å². The summed E-state index contributed by atoms with van der Waals surface area (Å²) in [6.45, 7) is 5.44. The Balaban J connectivity index is 1.08. The van der Waals surface area contributed by atoms with Gasteiger partial charge in [-0.05, 0) is 74.5 Å². The average molecular weight is 532 g/mol. The van der Waals surface area contributed by atoms with Crippen LogP contribution in [0, 0.1) is 11.7 Å². The molecule has 3 aromatic carbocycles. The summed E-state index contributed by atoms with van der Waals surface area (Å²) in [5, 5.41) is 0.757. The largest absolute Gasteiger partial charge is 0.367 e. The van der Waals surface area contributed by atoms with Crippen molar-refractivity contribution in [1.82, 2.24) is 19.4 Å². The molecule has 0 radical (unpaired) electrons. The number of nitrogens with zero attached hydrogens (tertiary/aromatic N) is 5. The van der Waals surface area contributed by atoms with Gasteiger partial charge in [-0.25, -0.2) is 9.37 Å². The SMILES string of the molecule is O=C(C1CCN(Cc2nc3ccccc3n2-c2ccc(F)cc2)CC1)N1CCN(c2ccccc2Cl)CC1. The van der Waals surface area contributed by atoms with E-state index in [-0.39, 0.29) is 17.6 Å². The van der Waals surface area contributed by atoms with E-state index in [2.05, 4.69) is 14.4 Å². The van der Waals surface area contributed by atoms with Gasteiger partial charge in [0.2, 0.25) is 5.91 Å². The zero-order valence-electron chi connectivity index (χ0n) is 21.3. The molecule has 0 bridgehead atoms. The highest BCUT2D eigenvalue weighted by Gasteiger charge is 2.31. The van der Waals surface area contributed by atoms with Crippen LogP contribution in [-0.4, -0.2) is 64.5 Å². The minimum atomic E-state index is -0.253. The first kappa shape index (κ1) is 24.9. The molecule has 0 atom stereocenters. The molecule has 2 saturated heterocycles. The number of rotatable bonds is 5. The molecule has 2 aliphatic heterocycles. The number of imidazole rings is 1. The van der Waals surface area contributed by atoms with Gasteiger partial charge in [-0.1, -0.05) is 35.9 Å². The lowest BCUT2D eigenvalue weighted by molar-refractivity contribution is -0.137. The number of likely N-dealkylation sites (tertiary alicyclic amines) is 1. The van der Waals surface area contributed by atoms with Crippen LogP contribution in [0.2, 0.25) is 5.02 Å². The van der Waals surface area contributed by atoms with Gasteiger partial charge in [0.25, 0.3) is 0 Å². The van der Waals surface area contributed by atoms with E-state index in [1.807, 2.05) is 53.4 Å². The van der Waals surface area contributed by atoms with Gasteiger partial charge in [0.05, 0.1) is 28.3 Å². The molecule has 0 aliphatic carbocycles. The maximum absolute atomic E-state index is 13.6. The van der Waals surface area contributed by atoms with Crippen LogP contribution < -0.4 is 4.90 Å². The Bertz CT molecular complexity index is 1420. The summed E-state index contributed by atoms with van der Waals surface area (Å²) in [6, 6.07) is 22.5. The number of aromatic nitrogens is 2. The Kier molecular flexibility index (Phi) is 7.04. The molecule has 38 heavy (non-hydrogen) atoms. The highest BCUT2D eigenvalue weighted by molar-refractivity contribution is 6.33. The second-order valence-electron chi connectivity index (χ2n) is 10.1. The number of halogens is 2. The molecule has 0 unspecified atom stereocenters. The minimum absolute atomic E-state index is 0.0639. The fourth-order valence-corrected chi connectivity index (χ4v) is 5.99. The molecule has 1 amide bonds. The highest BCUT2D eigenvalue weighted by Crippen LogP contribution is 2.28. The molecule has 6 nitrogen and oxygen atoms in total. The lowest BCUT2D eigenvalue weighted by Crippen LogP contribution is -2.51. The number of para-hydroxylation sites is 3. The number of benzene rings is 3. The first-order valence-corrected chi connectivity index (χ1v) is 13.7. The van der Waals surface area contributed by atoms with Crippen LogP contribution in [0.3, 0.4) is 0 Å². The van der Waals surface area contributed by atoms with Gasteiger partial charge in [-0.15, -0.1) is 0 Å². The van der Waals surface area contributed by atoms with Crippen molar-refractivity contribution < 1.29 is 9.18 Å². The third-order valence-corrected chi connectivity index (χ3v) is 8.12. The maximum atomic E-state index is 13.6. The Hall–Kier alpha value is -3.42. The molecule has 2 aliphatic rings. The molecule has 6 rings (SSSR count). The average Bonchev–Trinajstić information content (AvgIpc) is 3.32. The van der Waals surface area contributed by atoms with E-state index < -0.39 is 0 Å². The van der Waals surface area contributed by atoms with Gasteiger partial charge in [-0.2, -0.15) is 0 Å². The first-order chi connectivity index (χ1) is 18.6. The molecular weight excluding hydrogens is 501 g/mol. The Morgan fingerprint density at radius 2 is 1.55 bits per heavy atom. The highest BCUT2D eigenvalue weighted by atomic mass is 35.5. The fraction of sp³-hybridized carbons (Fsp3) is 0.333. The number of fused-ring (bicyclic) bond motifs is 1. The standard InChI is InChI=1S/C30H31ClFN5O/c31-25-5-1-3-7-27(25)35-17-19-36(20-18-35)30(38)22-13-15-34(16-14-22)21-29-33-26-6-2-4-8-28(26)37(29)24-11-9-23(32)10-12-24/h1-12,22H,13-21H2. The van der Waals surface area contributed by atoms with E-state index in [0.717, 1.165) is 85.4 Å². The summed E-state index contributed by atoms with van der Waals surface area (Å²) < 4.78 is 15.7. The smallest absolute Gasteiger partial charge is 0.225 e. The van der Waals surface area contributed by atoms with Gasteiger partial charge in [0.1, 0.15) is 11.6 Å². The molecule has 3 heterocycles. The van der Waals surface area contributed by atoms with Crippen molar-refractivity contribution in [2.45, 2.75) is 19.4 Å². The van der Waals surface area contributed by atoms with Gasteiger partial charge in [-0.3, -0.25) is 14.3 Å². The summed E-state index contributed by atoms with van der Waals surface area (Å²) in [4.78, 5) is 24.9. The lowest BCUT2D eigenvalue weighted by Gasteiger charge is -2.39. The number of piperazine rings is 1. The van der Waals surface area contributed by atoms with Crippen molar-refractivity contribution >= 4 is 34.2 Å². The Labute approximate surface area is 227 Å². The van der Waals surface area contributed by atoms with Crippen molar-refractivity contribution in [3.8, 4) is 5.69 Å². The second-order valence-corrected chi connectivity index (χ2v) is 10.5. The zero-order valence-corrected chi connectivity index (χ0v) is 22.0. The van der Waals surface area contributed by atoms with Crippen LogP contribution in [0.1, 0.15) is 18.7 Å². The molecule has 0 spiro atoms. The summed E-state index contributed by atoms with van der Waals surface area (Å²) in [5.74, 6) is 1.02.